The maximum Gasteiger partial charge on any atom is 0.244 e. The average molecular weight is 329 g/mol. The lowest BCUT2D eigenvalue weighted by Gasteiger charge is -2.17. The van der Waals surface area contributed by atoms with Gasteiger partial charge in [-0.25, -0.2) is 9.13 Å². The molecule has 0 atom stereocenters. The first-order valence-electron chi connectivity index (χ1n) is 7.91. The Labute approximate surface area is 145 Å². The minimum absolute atomic E-state index is 0. The van der Waals surface area contributed by atoms with E-state index in [9.17, 15) is 0 Å². The highest BCUT2D eigenvalue weighted by Gasteiger charge is 2.17. The maximum atomic E-state index is 2.36. The topological polar surface area (TPSA) is 8.81 Å². The minimum atomic E-state index is 0. The summed E-state index contributed by atoms with van der Waals surface area (Å²) in [6.45, 7) is 12.2. The molecule has 3 aromatic rings. The molecule has 0 amide bonds. The summed E-state index contributed by atoms with van der Waals surface area (Å²) in [5.74, 6) is 0. The molecule has 2 nitrogen and oxygen atoms in total. The quantitative estimate of drug-likeness (QED) is 0.622. The van der Waals surface area contributed by atoms with Crippen LogP contribution in [0.4, 0.5) is 0 Å². The second-order valence-corrected chi connectivity index (χ2v) is 6.45. The van der Waals surface area contributed by atoms with Gasteiger partial charge in [0.2, 0.25) is 6.33 Å². The first kappa shape index (κ1) is 17.6. The number of hydrogen-bond acceptors (Lipinski definition) is 0. The predicted molar refractivity (Wildman–Crippen MR) is 92.3 cm³/mol. The van der Waals surface area contributed by atoms with E-state index in [0.717, 1.165) is 6.54 Å². The molecular weight excluding hydrogens is 304 g/mol. The normalized spacial score (nSPS) is 10.9. The van der Waals surface area contributed by atoms with Crippen molar-refractivity contribution in [2.24, 2.45) is 7.05 Å². The second-order valence-electron chi connectivity index (χ2n) is 6.45. The Balaban J connectivity index is 0.00000192. The Morgan fingerprint density at radius 2 is 1.35 bits per heavy atom. The first-order valence-corrected chi connectivity index (χ1v) is 7.91. The lowest BCUT2D eigenvalue weighted by molar-refractivity contribution is -0.645. The lowest BCUT2D eigenvalue weighted by atomic mass is 9.89. The molecule has 0 aliphatic heterocycles. The molecule has 0 spiro atoms. The van der Waals surface area contributed by atoms with Gasteiger partial charge in [0.05, 0.1) is 7.05 Å². The Bertz CT molecular complexity index is 846. The van der Waals surface area contributed by atoms with Crippen molar-refractivity contribution in [3.8, 4) is 0 Å². The molecule has 0 bridgehead atoms. The summed E-state index contributed by atoms with van der Waals surface area (Å²) in [5.41, 5.74) is 11.2. The molecule has 0 saturated heterocycles. The van der Waals surface area contributed by atoms with Crippen molar-refractivity contribution in [1.29, 1.82) is 0 Å². The number of halogens is 1. The third-order valence-electron chi connectivity index (χ3n) is 5.37. The number of para-hydroxylation sites is 2. The molecular formula is C20H25ClN2. The van der Waals surface area contributed by atoms with Crippen LogP contribution in [0, 0.1) is 34.6 Å². The summed E-state index contributed by atoms with van der Waals surface area (Å²) in [4.78, 5) is 0. The fraction of sp³-hybridized carbons (Fsp3) is 0.350. The van der Waals surface area contributed by atoms with E-state index in [-0.39, 0.29) is 12.4 Å². The fourth-order valence-electron chi connectivity index (χ4n) is 3.45. The number of benzene rings is 2. The number of hydrogen-bond donors (Lipinski definition) is 0. The van der Waals surface area contributed by atoms with E-state index in [1.165, 1.54) is 44.4 Å². The molecule has 0 aliphatic carbocycles. The highest BCUT2D eigenvalue weighted by molar-refractivity contribution is 5.71. The van der Waals surface area contributed by atoms with Gasteiger partial charge in [-0.2, -0.15) is 0 Å². The number of imidazole rings is 1. The van der Waals surface area contributed by atoms with E-state index in [1.807, 2.05) is 0 Å². The smallest absolute Gasteiger partial charge is 0.244 e. The van der Waals surface area contributed by atoms with Crippen molar-refractivity contribution < 1.29 is 17.0 Å². The summed E-state index contributed by atoms with van der Waals surface area (Å²) in [6.07, 6.45) is 2.20. The summed E-state index contributed by atoms with van der Waals surface area (Å²) in [5, 5.41) is 0. The number of aromatic nitrogens is 2. The number of nitrogens with zero attached hydrogens (tertiary/aromatic N) is 2. The predicted octanol–water partition coefficient (Wildman–Crippen LogP) is 1.06. The van der Waals surface area contributed by atoms with E-state index in [1.54, 1.807) is 0 Å². The largest absolute Gasteiger partial charge is 1.00 e. The third-order valence-corrected chi connectivity index (χ3v) is 5.37. The molecule has 2 aromatic carbocycles. The van der Waals surface area contributed by atoms with Gasteiger partial charge in [0.25, 0.3) is 0 Å². The Morgan fingerprint density at radius 3 is 1.96 bits per heavy atom. The molecule has 3 rings (SSSR count). The van der Waals surface area contributed by atoms with E-state index in [4.69, 9.17) is 0 Å². The van der Waals surface area contributed by atoms with Gasteiger partial charge in [-0.1, -0.05) is 12.1 Å². The van der Waals surface area contributed by atoms with Crippen molar-refractivity contribution in [3.63, 3.8) is 0 Å². The zero-order chi connectivity index (χ0) is 16.0. The van der Waals surface area contributed by atoms with Gasteiger partial charge in [-0.3, -0.25) is 0 Å². The van der Waals surface area contributed by atoms with E-state index in [2.05, 4.69) is 81.4 Å². The summed E-state index contributed by atoms with van der Waals surface area (Å²) >= 11 is 0. The lowest BCUT2D eigenvalue weighted by Crippen LogP contribution is -3.00. The van der Waals surface area contributed by atoms with Crippen LogP contribution < -0.4 is 17.0 Å². The van der Waals surface area contributed by atoms with Gasteiger partial charge in [-0.05, 0) is 80.1 Å². The first-order chi connectivity index (χ1) is 10.4. The Hall–Kier alpha value is -1.80. The number of fused-ring (bicyclic) bond motifs is 1. The SMILES string of the molecule is Cc1c(C)c(C)c(Cn2c[n+](C)c3ccccc32)c(C)c1C.[Cl-]. The highest BCUT2D eigenvalue weighted by Crippen LogP contribution is 2.27. The van der Waals surface area contributed by atoms with Gasteiger partial charge in [-0.15, -0.1) is 0 Å². The van der Waals surface area contributed by atoms with Gasteiger partial charge in [0.1, 0.15) is 6.54 Å². The highest BCUT2D eigenvalue weighted by atomic mass is 35.5. The van der Waals surface area contributed by atoms with Crippen LogP contribution in [0.1, 0.15) is 33.4 Å². The summed E-state index contributed by atoms with van der Waals surface area (Å²) in [7, 11) is 2.12. The Kier molecular flexibility index (Phi) is 4.86. The van der Waals surface area contributed by atoms with Crippen LogP contribution in [0.2, 0.25) is 0 Å². The fourth-order valence-corrected chi connectivity index (χ4v) is 3.45. The molecule has 0 fully saturated rings. The van der Waals surface area contributed by atoms with Crippen LogP contribution in [0.5, 0.6) is 0 Å². The molecule has 0 saturated carbocycles. The van der Waals surface area contributed by atoms with Crippen LogP contribution in [0.15, 0.2) is 30.6 Å². The monoisotopic (exact) mass is 328 g/mol. The van der Waals surface area contributed by atoms with Gasteiger partial charge in [0.15, 0.2) is 11.0 Å². The molecule has 1 aromatic heterocycles. The van der Waals surface area contributed by atoms with Gasteiger partial charge < -0.3 is 12.4 Å². The molecule has 23 heavy (non-hydrogen) atoms. The average Bonchev–Trinajstić information content (AvgIpc) is 2.84. The summed E-state index contributed by atoms with van der Waals surface area (Å²) < 4.78 is 4.56. The van der Waals surface area contributed by atoms with Crippen LogP contribution in [-0.2, 0) is 13.6 Å². The maximum absolute atomic E-state index is 2.36. The van der Waals surface area contributed by atoms with Crippen LogP contribution in [0.3, 0.4) is 0 Å². The van der Waals surface area contributed by atoms with Gasteiger partial charge >= 0.3 is 0 Å². The molecule has 0 unspecified atom stereocenters. The van der Waals surface area contributed by atoms with Crippen LogP contribution in [0.25, 0.3) is 11.0 Å². The van der Waals surface area contributed by atoms with Crippen molar-refractivity contribution in [2.75, 3.05) is 0 Å². The molecule has 3 heteroatoms. The zero-order valence-corrected chi connectivity index (χ0v) is 15.6. The van der Waals surface area contributed by atoms with E-state index in [0.29, 0.717) is 0 Å². The van der Waals surface area contributed by atoms with Crippen molar-refractivity contribution in [2.45, 2.75) is 41.2 Å². The van der Waals surface area contributed by atoms with E-state index < -0.39 is 0 Å². The third kappa shape index (κ3) is 2.76. The minimum Gasteiger partial charge on any atom is -1.00 e. The van der Waals surface area contributed by atoms with Crippen LogP contribution >= 0.6 is 0 Å². The van der Waals surface area contributed by atoms with Crippen molar-refractivity contribution >= 4 is 11.0 Å². The van der Waals surface area contributed by atoms with Gasteiger partial charge in [0, 0.05) is 0 Å². The van der Waals surface area contributed by atoms with Crippen molar-refractivity contribution in [3.05, 3.63) is 64.0 Å². The number of rotatable bonds is 2. The number of aryl methyl sites for hydroxylation is 1. The standard InChI is InChI=1S/C20H25N2.ClH/c1-13-14(2)16(4)18(17(5)15(13)3)11-22-12-21(6)19-9-7-8-10-20(19)22;/h7-10,12H,11H2,1-6H3;1H/q+1;/p-1. The van der Waals surface area contributed by atoms with Crippen LogP contribution in [-0.4, -0.2) is 4.57 Å². The molecule has 0 radical (unpaired) electrons. The molecule has 122 valence electrons. The second kappa shape index (κ2) is 6.37. The molecule has 0 N–H and O–H groups in total. The summed E-state index contributed by atoms with van der Waals surface area (Å²) in [6, 6.07) is 8.60. The van der Waals surface area contributed by atoms with Crippen molar-refractivity contribution in [1.82, 2.24) is 4.57 Å². The molecule has 0 aliphatic rings. The molecule has 1 heterocycles. The zero-order valence-electron chi connectivity index (χ0n) is 14.9. The van der Waals surface area contributed by atoms with E-state index >= 15 is 0 Å². The Morgan fingerprint density at radius 1 is 0.826 bits per heavy atom.